The normalized spacial score (nSPS) is 15.8. The Hall–Kier alpha value is -1.32. The van der Waals surface area contributed by atoms with Gasteiger partial charge in [-0.25, -0.2) is 0 Å². The van der Waals surface area contributed by atoms with Crippen LogP contribution in [0.15, 0.2) is 17.4 Å². The molecule has 0 aromatic rings. The molecule has 4 nitrogen and oxygen atoms in total. The van der Waals surface area contributed by atoms with Crippen LogP contribution in [0.2, 0.25) is 0 Å². The number of hydrogen-bond donors (Lipinski definition) is 2. The molecule has 1 aliphatic heterocycles. The van der Waals surface area contributed by atoms with E-state index in [1.807, 2.05) is 0 Å². The van der Waals surface area contributed by atoms with E-state index in [4.69, 9.17) is 5.41 Å². The molecule has 42 valence electrons. The molecule has 0 saturated carbocycles. The Morgan fingerprint density at radius 1 is 1.88 bits per heavy atom. The molecular formula is C4H5N3O. The second kappa shape index (κ2) is 2.11. The van der Waals surface area contributed by atoms with E-state index < -0.39 is 0 Å². The molecule has 0 fully saturated rings. The summed E-state index contributed by atoms with van der Waals surface area (Å²) in [5, 5.41) is 10.3. The minimum atomic E-state index is 0.552. The highest BCUT2D eigenvalue weighted by atomic mass is 16.7. The highest BCUT2D eigenvalue weighted by molar-refractivity contribution is 6.34. The van der Waals surface area contributed by atoms with Gasteiger partial charge in [-0.05, 0) is 0 Å². The van der Waals surface area contributed by atoms with E-state index in [0.29, 0.717) is 5.71 Å². The van der Waals surface area contributed by atoms with E-state index >= 15 is 0 Å². The molecule has 1 aliphatic rings. The van der Waals surface area contributed by atoms with Crippen LogP contribution in [-0.2, 0) is 4.84 Å². The molecule has 0 saturated heterocycles. The van der Waals surface area contributed by atoms with Crippen molar-refractivity contribution in [1.29, 1.82) is 5.41 Å². The Balaban J connectivity index is 2.64. The first kappa shape index (κ1) is 4.83. The van der Waals surface area contributed by atoms with Crippen LogP contribution in [0.25, 0.3) is 0 Å². The SMILES string of the molecule is N=CC1=NNOC=C1. The van der Waals surface area contributed by atoms with Gasteiger partial charge in [0.15, 0.2) is 0 Å². The van der Waals surface area contributed by atoms with E-state index in [1.165, 1.54) is 6.26 Å². The fourth-order valence-electron chi connectivity index (χ4n) is 0.331. The molecule has 8 heavy (non-hydrogen) atoms. The van der Waals surface area contributed by atoms with Crippen LogP contribution in [0, 0.1) is 5.41 Å². The van der Waals surface area contributed by atoms with Crippen molar-refractivity contribution in [3.8, 4) is 0 Å². The van der Waals surface area contributed by atoms with Gasteiger partial charge in [-0.1, -0.05) is 0 Å². The van der Waals surface area contributed by atoms with E-state index in [0.717, 1.165) is 6.21 Å². The predicted octanol–water partition coefficient (Wildman–Crippen LogP) is 0.0405. The quantitative estimate of drug-likeness (QED) is 0.469. The van der Waals surface area contributed by atoms with Gasteiger partial charge < -0.3 is 10.2 Å². The van der Waals surface area contributed by atoms with Crippen LogP contribution >= 0.6 is 0 Å². The molecule has 0 atom stereocenters. The molecule has 1 rings (SSSR count). The van der Waals surface area contributed by atoms with Gasteiger partial charge in [-0.15, -0.1) is 10.7 Å². The number of allylic oxidation sites excluding steroid dienone is 1. The fraction of sp³-hybridized carbons (Fsp3) is 0. The molecule has 0 amide bonds. The molecule has 4 heteroatoms. The molecule has 1 heterocycles. The summed E-state index contributed by atoms with van der Waals surface area (Å²) in [5.41, 5.74) is 2.79. The lowest BCUT2D eigenvalue weighted by Gasteiger charge is -2.01. The van der Waals surface area contributed by atoms with E-state index in [2.05, 4.69) is 15.5 Å². The van der Waals surface area contributed by atoms with Crippen molar-refractivity contribution in [1.82, 2.24) is 5.59 Å². The van der Waals surface area contributed by atoms with Crippen LogP contribution in [-0.4, -0.2) is 11.9 Å². The first-order valence-electron chi connectivity index (χ1n) is 2.09. The topological polar surface area (TPSA) is 57.5 Å². The molecule has 0 radical (unpaired) electrons. The second-order valence-electron chi connectivity index (χ2n) is 1.19. The summed E-state index contributed by atoms with van der Waals surface area (Å²) in [4.78, 5) is 4.48. The molecule has 0 bridgehead atoms. The molecule has 2 N–H and O–H groups in total. The number of nitrogens with one attached hydrogen (secondary N) is 2. The van der Waals surface area contributed by atoms with Crippen molar-refractivity contribution >= 4 is 11.9 Å². The molecule has 0 aromatic heterocycles. The first-order valence-corrected chi connectivity index (χ1v) is 2.09. The molecule has 0 unspecified atom stereocenters. The maximum Gasteiger partial charge on any atom is 0.123 e. The van der Waals surface area contributed by atoms with Crippen LogP contribution in [0.3, 0.4) is 0 Å². The first-order chi connectivity index (χ1) is 3.93. The maximum atomic E-state index is 6.69. The van der Waals surface area contributed by atoms with Gasteiger partial charge in [0.1, 0.15) is 12.0 Å². The van der Waals surface area contributed by atoms with Gasteiger partial charge >= 0.3 is 0 Å². The zero-order valence-corrected chi connectivity index (χ0v) is 4.09. The van der Waals surface area contributed by atoms with Crippen LogP contribution in [0.1, 0.15) is 0 Å². The van der Waals surface area contributed by atoms with Crippen LogP contribution in [0.5, 0.6) is 0 Å². The van der Waals surface area contributed by atoms with Crippen molar-refractivity contribution in [2.75, 3.05) is 0 Å². The van der Waals surface area contributed by atoms with Crippen LogP contribution < -0.4 is 5.59 Å². The average Bonchev–Trinajstić information content (AvgIpc) is 1.90. The third-order valence-corrected chi connectivity index (χ3v) is 0.682. The van der Waals surface area contributed by atoms with Gasteiger partial charge in [-0.3, -0.25) is 0 Å². The van der Waals surface area contributed by atoms with Crippen LogP contribution in [0.4, 0.5) is 0 Å². The van der Waals surface area contributed by atoms with Crippen molar-refractivity contribution in [2.45, 2.75) is 0 Å². The second-order valence-corrected chi connectivity index (χ2v) is 1.19. The average molecular weight is 111 g/mol. The zero-order chi connectivity index (χ0) is 5.82. The maximum absolute atomic E-state index is 6.69. The summed E-state index contributed by atoms with van der Waals surface area (Å²) in [6.07, 6.45) is 4.14. The Morgan fingerprint density at radius 3 is 3.12 bits per heavy atom. The minimum Gasteiger partial charge on any atom is -0.373 e. The highest BCUT2D eigenvalue weighted by Gasteiger charge is 1.90. The van der Waals surface area contributed by atoms with Gasteiger partial charge in [0, 0.05) is 12.3 Å². The highest BCUT2D eigenvalue weighted by Crippen LogP contribution is 1.83. The summed E-state index contributed by atoms with van der Waals surface area (Å²) in [6, 6.07) is 0. The lowest BCUT2D eigenvalue weighted by molar-refractivity contribution is 0.135. The molecule has 0 aromatic carbocycles. The molecular weight excluding hydrogens is 106 g/mol. The summed E-state index contributed by atoms with van der Waals surface area (Å²) in [6.45, 7) is 0. The van der Waals surface area contributed by atoms with Gasteiger partial charge in [0.25, 0.3) is 0 Å². The van der Waals surface area contributed by atoms with Gasteiger partial charge in [-0.2, -0.15) is 0 Å². The molecule has 0 spiro atoms. The third kappa shape index (κ3) is 0.841. The Bertz CT molecular complexity index is 149. The van der Waals surface area contributed by atoms with Crippen molar-refractivity contribution < 1.29 is 4.84 Å². The zero-order valence-electron chi connectivity index (χ0n) is 4.09. The molecule has 0 aliphatic carbocycles. The summed E-state index contributed by atoms with van der Waals surface area (Å²) < 4.78 is 0. The third-order valence-electron chi connectivity index (χ3n) is 0.682. The summed E-state index contributed by atoms with van der Waals surface area (Å²) in [5.74, 6) is 0. The lowest BCUT2D eigenvalue weighted by Crippen LogP contribution is -2.11. The van der Waals surface area contributed by atoms with Gasteiger partial charge in [0.05, 0.1) is 0 Å². The van der Waals surface area contributed by atoms with Crippen molar-refractivity contribution in [2.24, 2.45) is 5.10 Å². The van der Waals surface area contributed by atoms with E-state index in [1.54, 1.807) is 6.08 Å². The number of rotatable bonds is 1. The smallest absolute Gasteiger partial charge is 0.123 e. The lowest BCUT2D eigenvalue weighted by atomic mass is 10.4. The Morgan fingerprint density at radius 2 is 2.75 bits per heavy atom. The summed E-state index contributed by atoms with van der Waals surface area (Å²) in [7, 11) is 0. The van der Waals surface area contributed by atoms with E-state index in [9.17, 15) is 0 Å². The number of hydrogen-bond acceptors (Lipinski definition) is 4. The number of hydrazone groups is 1. The minimum absolute atomic E-state index is 0.552. The van der Waals surface area contributed by atoms with Gasteiger partial charge in [0.2, 0.25) is 0 Å². The summed E-state index contributed by atoms with van der Waals surface area (Å²) >= 11 is 0. The fourth-order valence-corrected chi connectivity index (χ4v) is 0.331. The largest absolute Gasteiger partial charge is 0.373 e. The van der Waals surface area contributed by atoms with Crippen molar-refractivity contribution in [3.63, 3.8) is 0 Å². The Kier molecular flexibility index (Phi) is 1.27. The Labute approximate surface area is 46.3 Å². The predicted molar refractivity (Wildman–Crippen MR) is 29.6 cm³/mol. The van der Waals surface area contributed by atoms with Crippen molar-refractivity contribution in [3.05, 3.63) is 12.3 Å². The standard InChI is InChI=1S/C4H5N3O/c5-3-4-1-2-8-7-6-4/h1-3,5,7H. The monoisotopic (exact) mass is 111 g/mol. The van der Waals surface area contributed by atoms with E-state index in [-0.39, 0.29) is 0 Å². The number of nitrogens with zero attached hydrogens (tertiary/aromatic N) is 1.